The highest BCUT2D eigenvalue weighted by atomic mass is 35.5. The minimum atomic E-state index is -2.62. The summed E-state index contributed by atoms with van der Waals surface area (Å²) in [6.45, 7) is 0. The fourth-order valence-electron chi connectivity index (χ4n) is 0.216. The molecule has 0 saturated carbocycles. The smallest absolute Gasteiger partial charge is 0.256 e. The number of halogens is 1. The quantitative estimate of drug-likeness (QED) is 0.213. The first-order valence-corrected chi connectivity index (χ1v) is 3.58. The van der Waals surface area contributed by atoms with Crippen molar-refractivity contribution < 1.29 is 9.85 Å². The van der Waals surface area contributed by atoms with Gasteiger partial charge in [-0.1, -0.05) is 0 Å². The molecule has 6 nitrogen and oxygen atoms in total. The second-order valence-corrected chi connectivity index (χ2v) is 2.98. The highest BCUT2D eigenvalue weighted by Gasteiger charge is 2.54. The van der Waals surface area contributed by atoms with Crippen molar-refractivity contribution >= 4 is 23.4 Å². The van der Waals surface area contributed by atoms with E-state index in [1.165, 1.54) is 6.26 Å². The fraction of sp³-hybridized carbons (Fsp3) is 1.00. The van der Waals surface area contributed by atoms with Gasteiger partial charge < -0.3 is 0 Å². The lowest BCUT2D eigenvalue weighted by Crippen LogP contribution is -2.36. The lowest BCUT2D eigenvalue weighted by atomic mass is 11.1. The lowest BCUT2D eigenvalue weighted by molar-refractivity contribution is -0.732. The number of nitro groups is 2. The second kappa shape index (κ2) is 3.02. The summed E-state index contributed by atoms with van der Waals surface area (Å²) in [6.07, 6.45) is 1.19. The highest BCUT2D eigenvalue weighted by Crippen LogP contribution is 2.28. The fourth-order valence-corrected chi connectivity index (χ4v) is 0.514. The number of thioether (sulfide) groups is 1. The first kappa shape index (κ1) is 9.44. The van der Waals surface area contributed by atoms with Crippen molar-refractivity contribution in [3.05, 3.63) is 20.2 Å². The monoisotopic (exact) mass is 186 g/mol. The molecule has 0 aliphatic carbocycles. The predicted octanol–water partition coefficient (Wildman–Crippen LogP) is 0.753. The van der Waals surface area contributed by atoms with Gasteiger partial charge in [0, 0.05) is 11.8 Å². The number of nitrogens with zero attached hydrogens (tertiary/aromatic N) is 2. The number of rotatable bonds is 3. The molecule has 0 aromatic carbocycles. The summed E-state index contributed by atoms with van der Waals surface area (Å²) < 4.78 is -2.62. The average molecular weight is 187 g/mol. The van der Waals surface area contributed by atoms with Crippen molar-refractivity contribution in [2.24, 2.45) is 0 Å². The van der Waals surface area contributed by atoms with E-state index in [0.717, 1.165) is 0 Å². The number of alkyl halides is 1. The molecule has 0 heterocycles. The van der Waals surface area contributed by atoms with E-state index in [1.807, 2.05) is 0 Å². The van der Waals surface area contributed by atoms with Crippen molar-refractivity contribution in [2.45, 2.75) is 4.45 Å². The van der Waals surface area contributed by atoms with Crippen LogP contribution in [-0.4, -0.2) is 20.6 Å². The van der Waals surface area contributed by atoms with E-state index in [2.05, 4.69) is 0 Å². The van der Waals surface area contributed by atoms with Gasteiger partial charge in [0.2, 0.25) is 0 Å². The van der Waals surface area contributed by atoms with E-state index < -0.39 is 14.3 Å². The van der Waals surface area contributed by atoms with Crippen molar-refractivity contribution in [3.63, 3.8) is 0 Å². The minimum absolute atomic E-state index is 0.356. The van der Waals surface area contributed by atoms with Crippen molar-refractivity contribution in [2.75, 3.05) is 6.26 Å². The Bertz CT molecular complexity index is 159. The Morgan fingerprint density at radius 1 is 1.40 bits per heavy atom. The molecule has 0 aliphatic rings. The van der Waals surface area contributed by atoms with Crippen LogP contribution in [0.15, 0.2) is 0 Å². The van der Waals surface area contributed by atoms with Crippen LogP contribution in [0.3, 0.4) is 0 Å². The van der Waals surface area contributed by atoms with Crippen molar-refractivity contribution in [1.82, 2.24) is 0 Å². The molecule has 0 aromatic heterocycles. The van der Waals surface area contributed by atoms with Crippen molar-refractivity contribution in [3.8, 4) is 0 Å². The summed E-state index contributed by atoms with van der Waals surface area (Å²) in [5.41, 5.74) is 0. The molecule has 0 aromatic rings. The van der Waals surface area contributed by atoms with Gasteiger partial charge in [0.25, 0.3) is 0 Å². The van der Waals surface area contributed by atoms with Gasteiger partial charge in [-0.15, -0.1) is 0 Å². The minimum Gasteiger partial charge on any atom is -0.256 e. The van der Waals surface area contributed by atoms with E-state index in [1.54, 1.807) is 0 Å². The maximum Gasteiger partial charge on any atom is 0.587 e. The molecular weight excluding hydrogens is 184 g/mol. The first-order chi connectivity index (χ1) is 4.45. The van der Waals surface area contributed by atoms with Crippen LogP contribution >= 0.6 is 23.4 Å². The van der Waals surface area contributed by atoms with E-state index in [-0.39, 0.29) is 0 Å². The van der Waals surface area contributed by atoms with Crippen LogP contribution < -0.4 is 0 Å². The Morgan fingerprint density at radius 2 is 1.70 bits per heavy atom. The van der Waals surface area contributed by atoms with Gasteiger partial charge in [-0.25, -0.2) is 0 Å². The third-order valence-electron chi connectivity index (χ3n) is 0.710. The molecule has 0 N–H and O–H groups in total. The van der Waals surface area contributed by atoms with Crippen LogP contribution in [0.25, 0.3) is 0 Å². The molecule has 0 rings (SSSR count). The molecule has 0 saturated heterocycles. The van der Waals surface area contributed by atoms with Gasteiger partial charge in [0.15, 0.2) is 0 Å². The summed E-state index contributed by atoms with van der Waals surface area (Å²) in [7, 11) is 0. The molecule has 0 radical (unpaired) electrons. The summed E-state index contributed by atoms with van der Waals surface area (Å²) in [5, 5.41) is 19.8. The molecule has 0 aliphatic heterocycles. The Hall–Kier alpha value is -0.560. The SMILES string of the molecule is CSC(Cl)([N+](=O)[O-])[N+](=O)[O-]. The van der Waals surface area contributed by atoms with E-state index in [4.69, 9.17) is 11.6 Å². The van der Waals surface area contributed by atoms with Crippen LogP contribution in [0.4, 0.5) is 0 Å². The Balaban J connectivity index is 4.55. The lowest BCUT2D eigenvalue weighted by Gasteiger charge is -2.04. The molecule has 58 valence electrons. The summed E-state index contributed by atoms with van der Waals surface area (Å²) in [6, 6.07) is 0. The van der Waals surface area contributed by atoms with Gasteiger partial charge in [-0.05, 0) is 6.26 Å². The molecule has 0 amide bonds. The average Bonchev–Trinajstić information content (AvgIpc) is 1.85. The number of hydrogen-bond acceptors (Lipinski definition) is 5. The topological polar surface area (TPSA) is 86.3 Å². The first-order valence-electron chi connectivity index (χ1n) is 1.98. The van der Waals surface area contributed by atoms with E-state index >= 15 is 0 Å². The van der Waals surface area contributed by atoms with Gasteiger partial charge in [-0.2, -0.15) is 0 Å². The van der Waals surface area contributed by atoms with Gasteiger partial charge in [0.05, 0.1) is 11.6 Å². The normalized spacial score (nSPS) is 11.0. The molecule has 10 heavy (non-hydrogen) atoms. The highest BCUT2D eigenvalue weighted by molar-refractivity contribution is 8.00. The van der Waals surface area contributed by atoms with E-state index in [0.29, 0.717) is 11.8 Å². The summed E-state index contributed by atoms with van der Waals surface area (Å²) in [4.78, 5) is 17.5. The third kappa shape index (κ3) is 1.48. The maximum atomic E-state index is 9.90. The zero-order valence-corrected chi connectivity index (χ0v) is 6.39. The Morgan fingerprint density at radius 3 is 1.70 bits per heavy atom. The van der Waals surface area contributed by atoms with Gasteiger partial charge in [0.1, 0.15) is 9.85 Å². The molecule has 0 spiro atoms. The standard InChI is InChI=1S/C2H3ClN2O4S/c1-10-2(3,4(6)7)5(8)9/h1H3. The summed E-state index contributed by atoms with van der Waals surface area (Å²) >= 11 is 5.31. The van der Waals surface area contributed by atoms with Crippen LogP contribution in [0.5, 0.6) is 0 Å². The Kier molecular flexibility index (Phi) is 2.85. The third-order valence-corrected chi connectivity index (χ3v) is 2.27. The van der Waals surface area contributed by atoms with Crippen molar-refractivity contribution in [1.29, 1.82) is 0 Å². The molecule has 0 unspecified atom stereocenters. The van der Waals surface area contributed by atoms with Crippen LogP contribution in [0, 0.1) is 20.2 Å². The Labute approximate surface area is 64.8 Å². The molecule has 0 atom stereocenters. The van der Waals surface area contributed by atoms with Gasteiger partial charge in [-0.3, -0.25) is 20.2 Å². The van der Waals surface area contributed by atoms with Crippen LogP contribution in [0.2, 0.25) is 0 Å². The zero-order chi connectivity index (χ0) is 8.36. The second-order valence-electron chi connectivity index (χ2n) is 1.25. The predicted molar refractivity (Wildman–Crippen MR) is 36.1 cm³/mol. The molecule has 8 heteroatoms. The van der Waals surface area contributed by atoms with Gasteiger partial charge >= 0.3 is 4.45 Å². The zero-order valence-electron chi connectivity index (χ0n) is 4.81. The largest absolute Gasteiger partial charge is 0.587 e. The van der Waals surface area contributed by atoms with Crippen LogP contribution in [0.1, 0.15) is 0 Å². The van der Waals surface area contributed by atoms with E-state index in [9.17, 15) is 20.2 Å². The molecule has 0 bridgehead atoms. The summed E-state index contributed by atoms with van der Waals surface area (Å²) in [5.74, 6) is 0. The molecular formula is C2H3ClN2O4S. The molecule has 0 fully saturated rings. The van der Waals surface area contributed by atoms with Crippen LogP contribution in [-0.2, 0) is 0 Å². The maximum absolute atomic E-state index is 9.90. The number of hydrogen-bond donors (Lipinski definition) is 0.